The zero-order valence-corrected chi connectivity index (χ0v) is 13.8. The largest absolute Gasteiger partial charge is 0.348 e. The molecule has 0 saturated heterocycles. The van der Waals surface area contributed by atoms with Gasteiger partial charge < -0.3 is 5.32 Å². The van der Waals surface area contributed by atoms with Gasteiger partial charge in [0.2, 0.25) is 0 Å². The van der Waals surface area contributed by atoms with Gasteiger partial charge in [0.15, 0.2) is 0 Å². The average molecular weight is 342 g/mol. The second-order valence-corrected chi connectivity index (χ2v) is 5.85. The second-order valence-electron chi connectivity index (χ2n) is 5.01. The number of thioether (sulfide) groups is 1. The first kappa shape index (κ1) is 16.2. The Balaban J connectivity index is 1.69. The summed E-state index contributed by atoms with van der Waals surface area (Å²) in [7, 11) is 0. The van der Waals surface area contributed by atoms with Crippen molar-refractivity contribution in [1.82, 2.24) is 20.1 Å². The second kappa shape index (κ2) is 7.27. The first-order valence-electron chi connectivity index (χ1n) is 7.23. The molecule has 0 aliphatic carbocycles. The lowest BCUT2D eigenvalue weighted by atomic mass is 10.1. The highest BCUT2D eigenvalue weighted by atomic mass is 32.2. The molecule has 3 aromatic rings. The van der Waals surface area contributed by atoms with Crippen LogP contribution < -0.4 is 5.32 Å². The summed E-state index contributed by atoms with van der Waals surface area (Å²) < 4.78 is 15.6. The fourth-order valence-corrected chi connectivity index (χ4v) is 2.88. The number of carbonyl (C=O) groups is 1. The van der Waals surface area contributed by atoms with Crippen LogP contribution in [-0.4, -0.2) is 26.9 Å². The van der Waals surface area contributed by atoms with Crippen LogP contribution in [0.3, 0.4) is 0 Å². The molecule has 2 aromatic carbocycles. The molecule has 1 aromatic heterocycles. The summed E-state index contributed by atoms with van der Waals surface area (Å²) >= 11 is 1.34. The van der Waals surface area contributed by atoms with E-state index in [1.54, 1.807) is 23.1 Å². The summed E-state index contributed by atoms with van der Waals surface area (Å²) in [5, 5.41) is 6.81. The molecular weight excluding hydrogens is 327 g/mol. The molecule has 122 valence electrons. The fraction of sp³-hybridized carbons (Fsp3) is 0.118. The van der Waals surface area contributed by atoms with Gasteiger partial charge in [-0.15, -0.1) is 11.8 Å². The zero-order chi connectivity index (χ0) is 16.9. The van der Waals surface area contributed by atoms with Gasteiger partial charge in [0.25, 0.3) is 5.91 Å². The van der Waals surface area contributed by atoms with Gasteiger partial charge in [-0.05, 0) is 36.1 Å². The molecule has 0 saturated carbocycles. The van der Waals surface area contributed by atoms with E-state index >= 15 is 0 Å². The molecule has 0 aliphatic heterocycles. The molecule has 0 fully saturated rings. The molecule has 1 heterocycles. The number of nitrogens with zero attached hydrogens (tertiary/aromatic N) is 3. The van der Waals surface area contributed by atoms with Crippen LogP contribution in [-0.2, 0) is 6.54 Å². The quantitative estimate of drug-likeness (QED) is 0.724. The van der Waals surface area contributed by atoms with Gasteiger partial charge in [-0.2, -0.15) is 5.10 Å². The summed E-state index contributed by atoms with van der Waals surface area (Å²) in [6.07, 6.45) is 4.89. The highest BCUT2D eigenvalue weighted by Gasteiger charge is 2.15. The van der Waals surface area contributed by atoms with E-state index < -0.39 is 11.7 Å². The van der Waals surface area contributed by atoms with Gasteiger partial charge in [-0.1, -0.05) is 18.2 Å². The molecule has 3 rings (SSSR count). The number of nitrogens with one attached hydrogen (secondary N) is 1. The molecule has 24 heavy (non-hydrogen) atoms. The first-order chi connectivity index (χ1) is 11.7. The zero-order valence-electron chi connectivity index (χ0n) is 12.9. The van der Waals surface area contributed by atoms with Gasteiger partial charge >= 0.3 is 0 Å². The number of hydrogen-bond acceptors (Lipinski definition) is 4. The number of benzene rings is 2. The van der Waals surface area contributed by atoms with Crippen LogP contribution in [0.4, 0.5) is 4.39 Å². The van der Waals surface area contributed by atoms with E-state index in [1.807, 2.05) is 30.5 Å². The lowest BCUT2D eigenvalue weighted by Crippen LogP contribution is -2.24. The molecule has 0 radical (unpaired) electrons. The molecule has 0 bridgehead atoms. The lowest BCUT2D eigenvalue weighted by Gasteiger charge is -2.10. The average Bonchev–Trinajstić information content (AvgIpc) is 3.14. The Morgan fingerprint density at radius 3 is 2.71 bits per heavy atom. The molecule has 5 nitrogen and oxygen atoms in total. The molecule has 0 aliphatic rings. The van der Waals surface area contributed by atoms with Crippen molar-refractivity contribution in [1.29, 1.82) is 0 Å². The maximum atomic E-state index is 13.9. The van der Waals surface area contributed by atoms with Crippen LogP contribution in [0.15, 0.2) is 60.0 Å². The molecule has 7 heteroatoms. The monoisotopic (exact) mass is 342 g/mol. The minimum atomic E-state index is -0.513. The van der Waals surface area contributed by atoms with Crippen molar-refractivity contribution in [2.45, 2.75) is 11.4 Å². The smallest absolute Gasteiger partial charge is 0.255 e. The lowest BCUT2D eigenvalue weighted by molar-refractivity contribution is 0.0943. The number of rotatable bonds is 5. The maximum absolute atomic E-state index is 13.9. The summed E-state index contributed by atoms with van der Waals surface area (Å²) in [5.74, 6) is -0.932. The van der Waals surface area contributed by atoms with E-state index in [0.717, 1.165) is 11.3 Å². The number of hydrogen-bond donors (Lipinski definition) is 1. The molecule has 1 amide bonds. The van der Waals surface area contributed by atoms with E-state index in [1.165, 1.54) is 24.2 Å². The number of carbonyl (C=O) groups excluding carboxylic acids is 1. The van der Waals surface area contributed by atoms with Crippen molar-refractivity contribution in [2.24, 2.45) is 0 Å². The molecule has 0 spiro atoms. The highest BCUT2D eigenvalue weighted by Crippen LogP contribution is 2.22. The summed E-state index contributed by atoms with van der Waals surface area (Å²) in [5.41, 5.74) is 1.87. The topological polar surface area (TPSA) is 59.8 Å². The fourth-order valence-electron chi connectivity index (χ4n) is 2.27. The van der Waals surface area contributed by atoms with Crippen molar-refractivity contribution in [3.05, 3.63) is 72.1 Å². The van der Waals surface area contributed by atoms with Crippen molar-refractivity contribution in [3.8, 4) is 5.69 Å². The molecular formula is C17H15FN4OS. The molecule has 1 N–H and O–H groups in total. The van der Waals surface area contributed by atoms with E-state index in [4.69, 9.17) is 0 Å². The summed E-state index contributed by atoms with van der Waals surface area (Å²) in [6, 6.07) is 12.2. The van der Waals surface area contributed by atoms with Crippen molar-refractivity contribution in [2.75, 3.05) is 6.26 Å². The highest BCUT2D eigenvalue weighted by molar-refractivity contribution is 7.98. The van der Waals surface area contributed by atoms with Crippen LogP contribution in [0.25, 0.3) is 5.69 Å². The van der Waals surface area contributed by atoms with Crippen LogP contribution in [0.5, 0.6) is 0 Å². The summed E-state index contributed by atoms with van der Waals surface area (Å²) in [6.45, 7) is 0.318. The van der Waals surface area contributed by atoms with Gasteiger partial charge in [0.1, 0.15) is 18.5 Å². The van der Waals surface area contributed by atoms with E-state index in [0.29, 0.717) is 11.4 Å². The van der Waals surface area contributed by atoms with E-state index in [9.17, 15) is 9.18 Å². The predicted molar refractivity (Wildman–Crippen MR) is 90.7 cm³/mol. The van der Waals surface area contributed by atoms with Crippen LogP contribution in [0.1, 0.15) is 15.9 Å². The number of amides is 1. The minimum absolute atomic E-state index is 0.0873. The predicted octanol–water partition coefficient (Wildman–Crippen LogP) is 3.06. The van der Waals surface area contributed by atoms with Crippen LogP contribution >= 0.6 is 11.8 Å². The Kier molecular flexibility index (Phi) is 4.90. The Labute approximate surface area is 142 Å². The Hall–Kier alpha value is -2.67. The van der Waals surface area contributed by atoms with Crippen molar-refractivity contribution in [3.63, 3.8) is 0 Å². The molecule has 0 unspecified atom stereocenters. The van der Waals surface area contributed by atoms with Gasteiger partial charge in [0, 0.05) is 11.4 Å². The third-order valence-electron chi connectivity index (χ3n) is 3.50. The maximum Gasteiger partial charge on any atom is 0.255 e. The summed E-state index contributed by atoms with van der Waals surface area (Å²) in [4.78, 5) is 16.8. The Morgan fingerprint density at radius 2 is 2.04 bits per heavy atom. The molecule has 0 atom stereocenters. The van der Waals surface area contributed by atoms with Gasteiger partial charge in [-0.25, -0.2) is 14.1 Å². The third-order valence-corrected chi connectivity index (χ3v) is 4.28. The van der Waals surface area contributed by atoms with Gasteiger partial charge in [0.05, 0.1) is 11.3 Å². The SMILES string of the molecule is CSc1cccc(F)c1C(=O)NCc1ccc(-n2cncn2)cc1. The first-order valence-corrected chi connectivity index (χ1v) is 8.46. The Morgan fingerprint density at radius 1 is 1.25 bits per heavy atom. The third kappa shape index (κ3) is 3.46. The van der Waals surface area contributed by atoms with Crippen molar-refractivity contribution >= 4 is 17.7 Å². The van der Waals surface area contributed by atoms with E-state index in [-0.39, 0.29) is 5.56 Å². The normalized spacial score (nSPS) is 10.6. The Bertz CT molecular complexity index is 834. The number of halogens is 1. The minimum Gasteiger partial charge on any atom is -0.348 e. The van der Waals surface area contributed by atoms with Crippen molar-refractivity contribution < 1.29 is 9.18 Å². The van der Waals surface area contributed by atoms with E-state index in [2.05, 4.69) is 15.4 Å². The van der Waals surface area contributed by atoms with Gasteiger partial charge in [-0.3, -0.25) is 4.79 Å². The standard InChI is InChI=1S/C17H15FN4OS/c1-24-15-4-2-3-14(18)16(15)17(23)20-9-12-5-7-13(8-6-12)22-11-19-10-21-22/h2-8,10-11H,9H2,1H3,(H,20,23). The number of aromatic nitrogens is 3. The van der Waals surface area contributed by atoms with Crippen LogP contribution in [0, 0.1) is 5.82 Å². The van der Waals surface area contributed by atoms with Crippen LogP contribution in [0.2, 0.25) is 0 Å².